The van der Waals surface area contributed by atoms with Gasteiger partial charge in [-0.2, -0.15) is 0 Å². The molecule has 0 fully saturated rings. The summed E-state index contributed by atoms with van der Waals surface area (Å²) in [5, 5.41) is 25.4. The van der Waals surface area contributed by atoms with Crippen LogP contribution in [-0.4, -0.2) is 69.9 Å². The van der Waals surface area contributed by atoms with Crippen LogP contribution in [0.4, 0.5) is 0 Å². The number of hydrogen-bond donors (Lipinski definition) is 7. The van der Waals surface area contributed by atoms with Gasteiger partial charge in [-0.05, 0) is 11.5 Å². The van der Waals surface area contributed by atoms with Crippen LogP contribution in [0.2, 0.25) is 0 Å². The summed E-state index contributed by atoms with van der Waals surface area (Å²) in [6.45, 7) is 3.09. The molecule has 13 heteroatoms. The number of aliphatic carboxylic acids is 2. The Hall–Kier alpha value is -4.00. The molecular formula is C22H31N5O8. The van der Waals surface area contributed by atoms with Crippen molar-refractivity contribution in [1.29, 1.82) is 0 Å². The summed E-state index contributed by atoms with van der Waals surface area (Å²) in [7, 11) is 0. The van der Waals surface area contributed by atoms with E-state index in [1.54, 1.807) is 44.2 Å². The Balaban J connectivity index is 3.12. The van der Waals surface area contributed by atoms with Crippen LogP contribution < -0.4 is 27.4 Å². The number of carboxylic acid groups (broad SMARTS) is 2. The second-order valence-electron chi connectivity index (χ2n) is 8.26. The van der Waals surface area contributed by atoms with Gasteiger partial charge in [-0.1, -0.05) is 44.2 Å². The molecule has 192 valence electrons. The second kappa shape index (κ2) is 13.6. The highest BCUT2D eigenvalue weighted by Crippen LogP contribution is 2.07. The molecule has 0 aliphatic heterocycles. The minimum absolute atomic E-state index is 0.0487. The SMILES string of the molecule is CC(C)C(NC(=O)C(CC(=O)O)NC(=O)C(Cc1ccccc1)NC(=O)C(N)CC(N)=O)C(=O)O. The standard InChI is InChI=1S/C22H31N5O8/c1-11(2)18(22(34)35)27-21(33)15(10-17(29)30)26-20(32)14(8-12-6-4-3-5-7-12)25-19(31)13(23)9-16(24)28/h3-7,11,13-15,18H,8-10,23H2,1-2H3,(H2,24,28)(H,25,31)(H,26,32)(H,27,33)(H,29,30)(H,34,35). The van der Waals surface area contributed by atoms with Crippen LogP contribution in [0.1, 0.15) is 32.3 Å². The van der Waals surface area contributed by atoms with E-state index in [4.69, 9.17) is 11.5 Å². The van der Waals surface area contributed by atoms with Gasteiger partial charge in [-0.3, -0.25) is 24.0 Å². The van der Waals surface area contributed by atoms with Crippen molar-refractivity contribution in [3.8, 4) is 0 Å². The van der Waals surface area contributed by atoms with E-state index in [0.29, 0.717) is 5.56 Å². The number of hydrogen-bond acceptors (Lipinski definition) is 7. The van der Waals surface area contributed by atoms with Gasteiger partial charge in [0.05, 0.1) is 18.9 Å². The van der Waals surface area contributed by atoms with Crippen molar-refractivity contribution in [3.63, 3.8) is 0 Å². The van der Waals surface area contributed by atoms with Crippen molar-refractivity contribution >= 4 is 35.6 Å². The Bertz CT molecular complexity index is 937. The zero-order chi connectivity index (χ0) is 26.7. The molecule has 0 radical (unpaired) electrons. The quantitative estimate of drug-likeness (QED) is 0.153. The molecule has 1 rings (SSSR count). The van der Waals surface area contributed by atoms with E-state index in [2.05, 4.69) is 16.0 Å². The highest BCUT2D eigenvalue weighted by molar-refractivity contribution is 5.96. The monoisotopic (exact) mass is 493 g/mol. The first-order valence-corrected chi connectivity index (χ1v) is 10.7. The molecule has 0 spiro atoms. The Morgan fingerprint density at radius 3 is 1.86 bits per heavy atom. The highest BCUT2D eigenvalue weighted by atomic mass is 16.4. The molecule has 4 unspecified atom stereocenters. The van der Waals surface area contributed by atoms with E-state index in [1.807, 2.05) is 0 Å². The number of benzene rings is 1. The van der Waals surface area contributed by atoms with Crippen molar-refractivity contribution in [2.24, 2.45) is 17.4 Å². The molecule has 0 aliphatic carbocycles. The van der Waals surface area contributed by atoms with E-state index in [9.17, 15) is 39.0 Å². The summed E-state index contributed by atoms with van der Waals surface area (Å²) in [6, 6.07) is 2.91. The van der Waals surface area contributed by atoms with Crippen molar-refractivity contribution in [2.45, 2.75) is 57.3 Å². The lowest BCUT2D eigenvalue weighted by Gasteiger charge is -2.25. The lowest BCUT2D eigenvalue weighted by atomic mass is 10.0. The van der Waals surface area contributed by atoms with Crippen LogP contribution in [0.15, 0.2) is 30.3 Å². The number of nitrogens with two attached hydrogens (primary N) is 2. The normalized spacial score (nSPS) is 14.2. The third-order valence-electron chi connectivity index (χ3n) is 4.92. The molecule has 0 bridgehead atoms. The molecule has 0 aliphatic rings. The Morgan fingerprint density at radius 1 is 0.829 bits per heavy atom. The average molecular weight is 494 g/mol. The number of amides is 4. The maximum absolute atomic E-state index is 13.0. The second-order valence-corrected chi connectivity index (χ2v) is 8.26. The fraction of sp³-hybridized carbons (Fsp3) is 0.455. The van der Waals surface area contributed by atoms with E-state index in [0.717, 1.165) is 0 Å². The lowest BCUT2D eigenvalue weighted by Crippen LogP contribution is -2.58. The molecule has 4 amide bonds. The third kappa shape index (κ3) is 10.2. The van der Waals surface area contributed by atoms with E-state index >= 15 is 0 Å². The first-order chi connectivity index (χ1) is 16.3. The number of nitrogens with one attached hydrogen (secondary N) is 3. The molecule has 0 heterocycles. The summed E-state index contributed by atoms with van der Waals surface area (Å²) < 4.78 is 0. The van der Waals surface area contributed by atoms with Crippen LogP contribution in [0.3, 0.4) is 0 Å². The fourth-order valence-corrected chi connectivity index (χ4v) is 3.07. The van der Waals surface area contributed by atoms with Crippen LogP contribution >= 0.6 is 0 Å². The molecule has 35 heavy (non-hydrogen) atoms. The molecule has 13 nitrogen and oxygen atoms in total. The molecule has 1 aromatic carbocycles. The van der Waals surface area contributed by atoms with Crippen LogP contribution in [0.5, 0.6) is 0 Å². The van der Waals surface area contributed by atoms with Crippen molar-refractivity contribution < 1.29 is 39.0 Å². The van der Waals surface area contributed by atoms with Crippen LogP contribution in [0, 0.1) is 5.92 Å². The van der Waals surface area contributed by atoms with Gasteiger partial charge in [0.1, 0.15) is 18.1 Å². The van der Waals surface area contributed by atoms with Gasteiger partial charge < -0.3 is 37.6 Å². The summed E-state index contributed by atoms with van der Waals surface area (Å²) in [6.07, 6.45) is -1.36. The largest absolute Gasteiger partial charge is 0.481 e. The van der Waals surface area contributed by atoms with Gasteiger partial charge >= 0.3 is 11.9 Å². The zero-order valence-corrected chi connectivity index (χ0v) is 19.4. The van der Waals surface area contributed by atoms with Gasteiger partial charge in [0.25, 0.3) is 0 Å². The van der Waals surface area contributed by atoms with Gasteiger partial charge in [0.2, 0.25) is 23.6 Å². The molecule has 1 aromatic rings. The van der Waals surface area contributed by atoms with Crippen LogP contribution in [-0.2, 0) is 35.2 Å². The summed E-state index contributed by atoms with van der Waals surface area (Å²) in [4.78, 5) is 71.9. The Kier molecular flexibility index (Phi) is 11.3. The topological polar surface area (TPSA) is 231 Å². The maximum Gasteiger partial charge on any atom is 0.326 e. The minimum atomic E-state index is -1.63. The number of carboxylic acids is 2. The van der Waals surface area contributed by atoms with Gasteiger partial charge in [0.15, 0.2) is 0 Å². The first-order valence-electron chi connectivity index (χ1n) is 10.7. The highest BCUT2D eigenvalue weighted by Gasteiger charge is 2.32. The van der Waals surface area contributed by atoms with Crippen molar-refractivity contribution in [1.82, 2.24) is 16.0 Å². The zero-order valence-electron chi connectivity index (χ0n) is 19.4. The molecule has 0 saturated heterocycles. The van der Waals surface area contributed by atoms with Crippen molar-refractivity contribution in [3.05, 3.63) is 35.9 Å². The Morgan fingerprint density at radius 2 is 1.37 bits per heavy atom. The fourth-order valence-electron chi connectivity index (χ4n) is 3.07. The molecule has 0 saturated carbocycles. The van der Waals surface area contributed by atoms with E-state index in [1.165, 1.54) is 0 Å². The van der Waals surface area contributed by atoms with Gasteiger partial charge in [0, 0.05) is 6.42 Å². The lowest BCUT2D eigenvalue weighted by molar-refractivity contribution is -0.144. The predicted octanol–water partition coefficient (Wildman–Crippen LogP) is -1.90. The first kappa shape index (κ1) is 29.0. The summed E-state index contributed by atoms with van der Waals surface area (Å²) in [5.74, 6) is -6.88. The third-order valence-corrected chi connectivity index (χ3v) is 4.92. The Labute approximate surface area is 201 Å². The molecule has 0 aromatic heterocycles. The summed E-state index contributed by atoms with van der Waals surface area (Å²) >= 11 is 0. The predicted molar refractivity (Wildman–Crippen MR) is 122 cm³/mol. The van der Waals surface area contributed by atoms with Crippen molar-refractivity contribution in [2.75, 3.05) is 0 Å². The summed E-state index contributed by atoms with van der Waals surface area (Å²) in [5.41, 5.74) is 11.3. The number of primary amides is 1. The number of rotatable bonds is 14. The average Bonchev–Trinajstić information content (AvgIpc) is 2.75. The van der Waals surface area contributed by atoms with Crippen LogP contribution in [0.25, 0.3) is 0 Å². The molecule has 9 N–H and O–H groups in total. The molecular weight excluding hydrogens is 462 g/mol. The van der Waals surface area contributed by atoms with Gasteiger partial charge in [-0.25, -0.2) is 4.79 Å². The maximum atomic E-state index is 13.0. The molecule has 4 atom stereocenters. The van der Waals surface area contributed by atoms with E-state index < -0.39 is 78.5 Å². The van der Waals surface area contributed by atoms with E-state index in [-0.39, 0.29) is 6.42 Å². The van der Waals surface area contributed by atoms with Gasteiger partial charge in [-0.15, -0.1) is 0 Å². The number of carbonyl (C=O) groups excluding carboxylic acids is 4. The number of carbonyl (C=O) groups is 6. The minimum Gasteiger partial charge on any atom is -0.481 e. The smallest absolute Gasteiger partial charge is 0.326 e.